The lowest BCUT2D eigenvalue weighted by Gasteiger charge is -2.29. The average Bonchev–Trinajstić information content (AvgIpc) is 2.49. The second-order valence-corrected chi connectivity index (χ2v) is 8.10. The summed E-state index contributed by atoms with van der Waals surface area (Å²) in [4.78, 5) is 0. The van der Waals surface area contributed by atoms with Crippen LogP contribution in [-0.2, 0) is 20.9 Å². The Morgan fingerprint density at radius 2 is 1.25 bits per heavy atom. The summed E-state index contributed by atoms with van der Waals surface area (Å²) >= 11 is 0. The molecule has 0 radical (unpaired) electrons. The lowest BCUT2D eigenvalue weighted by atomic mass is 10.2. The summed E-state index contributed by atoms with van der Waals surface area (Å²) < 4.78 is 12.0. The lowest BCUT2D eigenvalue weighted by Crippen LogP contribution is -2.47. The van der Waals surface area contributed by atoms with Gasteiger partial charge in [-0.2, -0.15) is 0 Å². The summed E-state index contributed by atoms with van der Waals surface area (Å²) in [5.41, 5.74) is 2.57. The van der Waals surface area contributed by atoms with Gasteiger partial charge in [-0.05, 0) is 18.1 Å². The zero-order valence-corrected chi connectivity index (χ0v) is 13.2. The van der Waals surface area contributed by atoms with Crippen molar-refractivity contribution in [2.24, 2.45) is 0 Å². The highest BCUT2D eigenvalue weighted by Gasteiger charge is 2.36. The predicted molar refractivity (Wildman–Crippen MR) is 84.7 cm³/mol. The van der Waals surface area contributed by atoms with Crippen LogP contribution in [0.2, 0.25) is 0 Å². The minimum atomic E-state index is -2.25. The van der Waals surface area contributed by atoms with E-state index >= 15 is 0 Å². The Morgan fingerprint density at radius 3 is 1.60 bits per heavy atom. The van der Waals surface area contributed by atoms with Crippen molar-refractivity contribution in [2.45, 2.75) is 19.0 Å². The van der Waals surface area contributed by atoms with Crippen molar-refractivity contribution >= 4 is 8.56 Å². The van der Waals surface area contributed by atoms with Gasteiger partial charge in [-0.1, -0.05) is 60.7 Å². The van der Waals surface area contributed by atoms with E-state index < -0.39 is 8.56 Å². The van der Waals surface area contributed by atoms with Gasteiger partial charge < -0.3 is 8.85 Å². The molecule has 2 aromatic rings. The molecule has 0 aromatic heterocycles. The number of hydrogen-bond acceptors (Lipinski definition) is 2. The summed E-state index contributed by atoms with van der Waals surface area (Å²) in [6.07, 6.45) is 0. The molecule has 0 aliphatic heterocycles. The van der Waals surface area contributed by atoms with Gasteiger partial charge in [0.25, 0.3) is 0 Å². The van der Waals surface area contributed by atoms with Gasteiger partial charge in [-0.25, -0.2) is 0 Å². The van der Waals surface area contributed by atoms with Crippen molar-refractivity contribution in [1.82, 2.24) is 0 Å². The maximum absolute atomic E-state index is 6.10. The Kier molecular flexibility index (Phi) is 5.53. The molecule has 2 rings (SSSR count). The highest BCUT2D eigenvalue weighted by atomic mass is 28.4. The Hall–Kier alpha value is -1.42. The van der Waals surface area contributed by atoms with E-state index in [0.717, 1.165) is 12.1 Å². The molecule has 0 atom stereocenters. The fraction of sp³-hybridized carbons (Fsp3) is 0.294. The van der Waals surface area contributed by atoms with E-state index in [0.29, 0.717) is 6.61 Å². The topological polar surface area (TPSA) is 18.5 Å². The second kappa shape index (κ2) is 7.38. The molecule has 0 bridgehead atoms. The summed E-state index contributed by atoms with van der Waals surface area (Å²) in [5, 5.41) is 0. The van der Waals surface area contributed by atoms with Crippen molar-refractivity contribution in [1.29, 1.82) is 0 Å². The van der Waals surface area contributed by atoms with Crippen LogP contribution < -0.4 is 0 Å². The molecule has 0 aliphatic rings. The Bertz CT molecular complexity index is 457. The van der Waals surface area contributed by atoms with Crippen molar-refractivity contribution in [3.05, 3.63) is 71.8 Å². The molecule has 0 saturated carbocycles. The van der Waals surface area contributed by atoms with Crippen LogP contribution in [-0.4, -0.2) is 22.3 Å². The first-order chi connectivity index (χ1) is 9.78. The van der Waals surface area contributed by atoms with Gasteiger partial charge in [-0.3, -0.25) is 0 Å². The smallest absolute Gasteiger partial charge is 0.346 e. The third-order valence-electron chi connectivity index (χ3n) is 3.41. The third kappa shape index (κ3) is 4.03. The number of rotatable bonds is 7. The molecule has 106 valence electrons. The number of hydrogen-bond donors (Lipinski definition) is 0. The van der Waals surface area contributed by atoms with Gasteiger partial charge in [-0.15, -0.1) is 0 Å². The van der Waals surface area contributed by atoms with E-state index in [1.165, 1.54) is 11.1 Å². The van der Waals surface area contributed by atoms with Crippen LogP contribution in [0, 0.1) is 0 Å². The number of benzene rings is 2. The summed E-state index contributed by atoms with van der Waals surface area (Å²) in [7, 11) is -0.466. The maximum atomic E-state index is 6.10. The Morgan fingerprint density at radius 1 is 0.800 bits per heavy atom. The monoisotopic (exact) mass is 286 g/mol. The summed E-state index contributed by atoms with van der Waals surface area (Å²) in [5.74, 6) is 0. The molecular formula is C17H22O2Si. The first kappa shape index (κ1) is 15.0. The molecule has 0 aliphatic carbocycles. The first-order valence-corrected chi connectivity index (χ1v) is 9.28. The molecule has 0 saturated heterocycles. The zero-order valence-electron chi connectivity index (χ0n) is 12.2. The van der Waals surface area contributed by atoms with Gasteiger partial charge in [0.1, 0.15) is 0 Å². The van der Waals surface area contributed by atoms with E-state index in [2.05, 4.69) is 48.5 Å². The lowest BCUT2D eigenvalue weighted by molar-refractivity contribution is 0.206. The summed E-state index contributed by atoms with van der Waals surface area (Å²) in [6.45, 7) is 2.73. The minimum absolute atomic E-state index is 0.694. The summed E-state index contributed by atoms with van der Waals surface area (Å²) in [6, 6.07) is 22.7. The van der Waals surface area contributed by atoms with E-state index in [1.54, 1.807) is 7.11 Å². The highest BCUT2D eigenvalue weighted by molar-refractivity contribution is 6.66. The van der Waals surface area contributed by atoms with E-state index in [9.17, 15) is 0 Å². The SMILES string of the molecule is CCO[Si](Cc1ccccc1)(Cc1ccccc1)OC. The van der Waals surface area contributed by atoms with Crippen molar-refractivity contribution in [3.8, 4) is 0 Å². The predicted octanol–water partition coefficient (Wildman–Crippen LogP) is 3.68. The van der Waals surface area contributed by atoms with Crippen LogP contribution in [0.1, 0.15) is 18.1 Å². The molecule has 3 heteroatoms. The molecule has 0 unspecified atom stereocenters. The fourth-order valence-corrected chi connectivity index (χ4v) is 5.42. The average molecular weight is 286 g/mol. The fourth-order valence-electron chi connectivity index (χ4n) is 2.44. The highest BCUT2D eigenvalue weighted by Crippen LogP contribution is 2.20. The molecule has 2 nitrogen and oxygen atoms in total. The quantitative estimate of drug-likeness (QED) is 0.723. The molecule has 0 fully saturated rings. The minimum Gasteiger partial charge on any atom is -0.397 e. The standard InChI is InChI=1S/C17H22O2Si/c1-3-19-20(18-2,14-16-10-6-4-7-11-16)15-17-12-8-5-9-13-17/h4-13H,3,14-15H2,1-2H3. The van der Waals surface area contributed by atoms with Crippen molar-refractivity contribution < 1.29 is 8.85 Å². The van der Waals surface area contributed by atoms with E-state index in [-0.39, 0.29) is 0 Å². The first-order valence-electron chi connectivity index (χ1n) is 7.05. The molecule has 0 heterocycles. The van der Waals surface area contributed by atoms with Crippen LogP contribution in [0.15, 0.2) is 60.7 Å². The van der Waals surface area contributed by atoms with Gasteiger partial charge in [0, 0.05) is 25.8 Å². The zero-order chi connectivity index (χ0) is 14.3. The largest absolute Gasteiger partial charge is 0.397 e. The van der Waals surface area contributed by atoms with Crippen LogP contribution >= 0.6 is 0 Å². The maximum Gasteiger partial charge on any atom is 0.346 e. The van der Waals surface area contributed by atoms with Crippen LogP contribution in [0.25, 0.3) is 0 Å². The van der Waals surface area contributed by atoms with Gasteiger partial charge >= 0.3 is 8.56 Å². The molecule has 0 N–H and O–H groups in total. The second-order valence-electron chi connectivity index (χ2n) is 4.87. The molecule has 0 spiro atoms. The van der Waals surface area contributed by atoms with Gasteiger partial charge in [0.05, 0.1) is 0 Å². The van der Waals surface area contributed by atoms with E-state index in [1.807, 2.05) is 19.1 Å². The van der Waals surface area contributed by atoms with Crippen molar-refractivity contribution in [3.63, 3.8) is 0 Å². The van der Waals surface area contributed by atoms with Crippen LogP contribution in [0.3, 0.4) is 0 Å². The molecule has 0 amide bonds. The van der Waals surface area contributed by atoms with Crippen LogP contribution in [0.4, 0.5) is 0 Å². The molecule has 20 heavy (non-hydrogen) atoms. The van der Waals surface area contributed by atoms with E-state index in [4.69, 9.17) is 8.85 Å². The van der Waals surface area contributed by atoms with Gasteiger partial charge in [0.2, 0.25) is 0 Å². The van der Waals surface area contributed by atoms with Crippen molar-refractivity contribution in [2.75, 3.05) is 13.7 Å². The Labute approximate surface area is 122 Å². The van der Waals surface area contributed by atoms with Crippen LogP contribution in [0.5, 0.6) is 0 Å². The normalized spacial score (nSPS) is 11.5. The molecule has 2 aromatic carbocycles. The van der Waals surface area contributed by atoms with Gasteiger partial charge in [0.15, 0.2) is 0 Å². The Balaban J connectivity index is 2.20. The molecular weight excluding hydrogens is 264 g/mol. The third-order valence-corrected chi connectivity index (χ3v) is 6.86.